The van der Waals surface area contributed by atoms with E-state index in [0.717, 1.165) is 56.9 Å². The summed E-state index contributed by atoms with van der Waals surface area (Å²) in [6, 6.07) is 13.3. The van der Waals surface area contributed by atoms with Crippen molar-refractivity contribution in [2.75, 3.05) is 13.2 Å². The molecule has 206 valence electrons. The van der Waals surface area contributed by atoms with Gasteiger partial charge >= 0.3 is 12.3 Å². The van der Waals surface area contributed by atoms with Crippen molar-refractivity contribution in [3.8, 4) is 11.5 Å². The maximum Gasteiger partial charge on any atom is 0.513 e. The molecular weight excluding hydrogens is 480 g/mol. The highest BCUT2D eigenvalue weighted by Gasteiger charge is 2.23. The first-order valence-corrected chi connectivity index (χ1v) is 13.9. The quantitative estimate of drug-likeness (QED) is 0.102. The molecule has 0 N–H and O–H groups in total. The van der Waals surface area contributed by atoms with E-state index in [-0.39, 0.29) is 5.41 Å². The van der Waals surface area contributed by atoms with Gasteiger partial charge in [-0.2, -0.15) is 0 Å². The van der Waals surface area contributed by atoms with Gasteiger partial charge < -0.3 is 18.9 Å². The number of hydrogen-bond donors (Lipinski definition) is 0. The molecule has 0 saturated carbocycles. The maximum absolute atomic E-state index is 12.7. The molecule has 0 radical (unpaired) electrons. The van der Waals surface area contributed by atoms with Crippen LogP contribution in [-0.2, 0) is 14.9 Å². The minimum absolute atomic E-state index is 0.144. The molecule has 0 aliphatic carbocycles. The molecule has 0 bridgehead atoms. The second-order valence-corrected chi connectivity index (χ2v) is 10.7. The zero-order valence-electron chi connectivity index (χ0n) is 23.6. The molecule has 38 heavy (non-hydrogen) atoms. The molecule has 0 fully saturated rings. The van der Waals surface area contributed by atoms with Gasteiger partial charge in [0.1, 0.15) is 11.5 Å². The van der Waals surface area contributed by atoms with Crippen LogP contribution in [0.1, 0.15) is 91.5 Å². The Kier molecular flexibility index (Phi) is 10.8. The summed E-state index contributed by atoms with van der Waals surface area (Å²) in [5.41, 5.74) is 0.914. The second kappa shape index (κ2) is 14.0. The predicted octanol–water partition coefficient (Wildman–Crippen LogP) is 9.48. The van der Waals surface area contributed by atoms with Crippen LogP contribution in [0.3, 0.4) is 0 Å². The van der Waals surface area contributed by atoms with E-state index in [1.807, 2.05) is 42.5 Å². The number of rotatable bonds is 12. The first-order valence-electron chi connectivity index (χ1n) is 13.9. The highest BCUT2D eigenvalue weighted by molar-refractivity contribution is 6.12. The third-order valence-corrected chi connectivity index (χ3v) is 6.60. The standard InChI is InChI=1S/C32H42O6/c1-6-8-10-14-20-35-30(33)37-28-24-16-12-13-17-25(24)29(38-31(34)36-21-15-11-9-7-2)27-22-23(32(3,4)5)18-19-26(27)28/h12-13,16-19,22H,6-11,14-15,20-21H2,1-5H3. The molecule has 3 aromatic carbocycles. The minimum atomic E-state index is -0.743. The fourth-order valence-corrected chi connectivity index (χ4v) is 4.38. The van der Waals surface area contributed by atoms with Crippen molar-refractivity contribution in [2.45, 2.75) is 91.4 Å². The van der Waals surface area contributed by atoms with Gasteiger partial charge in [-0.15, -0.1) is 0 Å². The molecule has 0 heterocycles. The molecule has 6 nitrogen and oxygen atoms in total. The largest absolute Gasteiger partial charge is 0.513 e. The van der Waals surface area contributed by atoms with E-state index in [2.05, 4.69) is 34.6 Å². The summed E-state index contributed by atoms with van der Waals surface area (Å²) in [7, 11) is 0. The van der Waals surface area contributed by atoms with E-state index in [4.69, 9.17) is 18.9 Å². The van der Waals surface area contributed by atoms with Gasteiger partial charge in [0.2, 0.25) is 0 Å². The molecule has 0 saturated heterocycles. The second-order valence-electron chi connectivity index (χ2n) is 10.7. The molecular formula is C32H42O6. The predicted molar refractivity (Wildman–Crippen MR) is 152 cm³/mol. The van der Waals surface area contributed by atoms with Crippen LogP contribution in [0.25, 0.3) is 21.5 Å². The molecule has 0 amide bonds. The lowest BCUT2D eigenvalue weighted by Gasteiger charge is -2.22. The number of unbranched alkanes of at least 4 members (excludes halogenated alkanes) is 6. The Morgan fingerprint density at radius 3 is 1.58 bits per heavy atom. The number of fused-ring (bicyclic) bond motifs is 2. The van der Waals surface area contributed by atoms with Crippen LogP contribution in [0, 0.1) is 0 Å². The summed E-state index contributed by atoms with van der Waals surface area (Å²) in [6.07, 6.45) is 6.55. The van der Waals surface area contributed by atoms with Crippen LogP contribution in [0.2, 0.25) is 0 Å². The van der Waals surface area contributed by atoms with Crippen LogP contribution >= 0.6 is 0 Å². The first-order chi connectivity index (χ1) is 18.3. The van der Waals surface area contributed by atoms with E-state index < -0.39 is 12.3 Å². The van der Waals surface area contributed by atoms with Crippen molar-refractivity contribution >= 4 is 33.9 Å². The van der Waals surface area contributed by atoms with E-state index >= 15 is 0 Å². The number of benzene rings is 3. The van der Waals surface area contributed by atoms with E-state index in [1.165, 1.54) is 0 Å². The monoisotopic (exact) mass is 522 g/mol. The summed E-state index contributed by atoms with van der Waals surface area (Å²) in [5, 5.41) is 2.63. The number of carbonyl (C=O) groups excluding carboxylic acids is 2. The first kappa shape index (κ1) is 29.3. The van der Waals surface area contributed by atoms with Crippen molar-refractivity contribution in [3.63, 3.8) is 0 Å². The van der Waals surface area contributed by atoms with Crippen LogP contribution in [0.15, 0.2) is 42.5 Å². The Morgan fingerprint density at radius 1 is 0.632 bits per heavy atom. The van der Waals surface area contributed by atoms with Crippen LogP contribution in [0.4, 0.5) is 9.59 Å². The Hall–Kier alpha value is -3.28. The SMILES string of the molecule is CCCCCCOC(=O)Oc1c2ccccc2c(OC(=O)OCCCCCC)c2cc(C(C)(C)C)ccc12. The van der Waals surface area contributed by atoms with Gasteiger partial charge in [0.25, 0.3) is 0 Å². The third-order valence-electron chi connectivity index (χ3n) is 6.60. The highest BCUT2D eigenvalue weighted by Crippen LogP contribution is 2.44. The fourth-order valence-electron chi connectivity index (χ4n) is 4.38. The Morgan fingerprint density at radius 2 is 1.11 bits per heavy atom. The molecule has 0 spiro atoms. The summed E-state index contributed by atoms with van der Waals surface area (Å²) in [4.78, 5) is 25.4. The van der Waals surface area contributed by atoms with Gasteiger partial charge in [0.15, 0.2) is 0 Å². The highest BCUT2D eigenvalue weighted by atomic mass is 16.7. The van der Waals surface area contributed by atoms with Gasteiger partial charge in [-0.1, -0.05) is 110 Å². The fraction of sp³-hybridized carbons (Fsp3) is 0.500. The average molecular weight is 523 g/mol. The van der Waals surface area contributed by atoms with E-state index in [0.29, 0.717) is 46.3 Å². The molecule has 3 aromatic rings. The lowest BCUT2D eigenvalue weighted by Crippen LogP contribution is -2.15. The van der Waals surface area contributed by atoms with Crippen LogP contribution in [-0.4, -0.2) is 25.5 Å². The summed E-state index contributed by atoms with van der Waals surface area (Å²) >= 11 is 0. The normalized spacial score (nSPS) is 11.5. The molecule has 3 rings (SSSR count). The van der Waals surface area contributed by atoms with Crippen molar-refractivity contribution in [1.29, 1.82) is 0 Å². The van der Waals surface area contributed by atoms with Crippen molar-refractivity contribution in [2.24, 2.45) is 0 Å². The zero-order chi connectivity index (χ0) is 27.5. The van der Waals surface area contributed by atoms with Crippen molar-refractivity contribution in [1.82, 2.24) is 0 Å². The van der Waals surface area contributed by atoms with E-state index in [1.54, 1.807) is 0 Å². The third kappa shape index (κ3) is 7.86. The Balaban J connectivity index is 1.99. The van der Waals surface area contributed by atoms with Gasteiger partial charge in [-0.3, -0.25) is 0 Å². The molecule has 0 aliphatic rings. The summed E-state index contributed by atoms with van der Waals surface area (Å²) in [5.74, 6) is 0.774. The molecule has 0 aromatic heterocycles. The van der Waals surface area contributed by atoms with Gasteiger partial charge in [0.05, 0.1) is 13.2 Å². The average Bonchev–Trinajstić information content (AvgIpc) is 2.89. The van der Waals surface area contributed by atoms with Crippen LogP contribution < -0.4 is 9.47 Å². The molecule has 0 atom stereocenters. The molecule has 0 aliphatic heterocycles. The number of ether oxygens (including phenoxy) is 4. The number of carbonyl (C=O) groups is 2. The maximum atomic E-state index is 12.7. The summed E-state index contributed by atoms with van der Waals surface area (Å²) < 4.78 is 22.4. The zero-order valence-corrected chi connectivity index (χ0v) is 23.6. The smallest absolute Gasteiger partial charge is 0.434 e. The molecule has 6 heteroatoms. The van der Waals surface area contributed by atoms with Gasteiger partial charge in [-0.25, -0.2) is 9.59 Å². The Labute approximate surface area is 226 Å². The van der Waals surface area contributed by atoms with Crippen LogP contribution in [0.5, 0.6) is 11.5 Å². The topological polar surface area (TPSA) is 71.1 Å². The van der Waals surface area contributed by atoms with E-state index in [9.17, 15) is 9.59 Å². The molecule has 0 unspecified atom stereocenters. The van der Waals surface area contributed by atoms with Gasteiger partial charge in [-0.05, 0) is 29.9 Å². The lowest BCUT2D eigenvalue weighted by molar-refractivity contribution is 0.0965. The van der Waals surface area contributed by atoms with Crippen molar-refractivity contribution < 1.29 is 28.5 Å². The summed E-state index contributed by atoms with van der Waals surface area (Å²) in [6.45, 7) is 11.3. The van der Waals surface area contributed by atoms with Crippen molar-refractivity contribution in [3.05, 3.63) is 48.0 Å². The lowest BCUT2D eigenvalue weighted by atomic mass is 9.85. The number of hydrogen-bond acceptors (Lipinski definition) is 6. The minimum Gasteiger partial charge on any atom is -0.434 e. The Bertz CT molecular complexity index is 1220. The van der Waals surface area contributed by atoms with Gasteiger partial charge in [0, 0.05) is 21.5 Å².